The van der Waals surface area contributed by atoms with E-state index in [0.29, 0.717) is 12.3 Å². The molecule has 0 aliphatic heterocycles. The Morgan fingerprint density at radius 2 is 2.11 bits per heavy atom. The van der Waals surface area contributed by atoms with Gasteiger partial charge in [0.1, 0.15) is 11.5 Å². The number of aromatic nitrogens is 1. The van der Waals surface area contributed by atoms with E-state index in [4.69, 9.17) is 0 Å². The highest BCUT2D eigenvalue weighted by Gasteiger charge is 2.29. The van der Waals surface area contributed by atoms with E-state index >= 15 is 0 Å². The molecule has 2 aromatic rings. The van der Waals surface area contributed by atoms with Crippen LogP contribution < -0.4 is 0 Å². The molecule has 0 saturated heterocycles. The zero-order chi connectivity index (χ0) is 12.5. The van der Waals surface area contributed by atoms with Crippen molar-refractivity contribution in [2.75, 3.05) is 0 Å². The Bertz CT molecular complexity index is 570. The van der Waals surface area contributed by atoms with Gasteiger partial charge >= 0.3 is 0 Å². The molecular formula is C15H14FNO. The van der Waals surface area contributed by atoms with E-state index in [9.17, 15) is 9.50 Å². The smallest absolute Gasteiger partial charge is 0.147 e. The fraction of sp³-hybridized carbons (Fsp3) is 0.267. The Hall–Kier alpha value is -1.74. The van der Waals surface area contributed by atoms with E-state index in [1.54, 1.807) is 0 Å². The number of halogens is 1. The third kappa shape index (κ3) is 1.91. The lowest BCUT2D eigenvalue weighted by Crippen LogP contribution is -2.20. The van der Waals surface area contributed by atoms with Crippen LogP contribution >= 0.6 is 0 Å². The molecule has 3 heteroatoms. The topological polar surface area (TPSA) is 33.1 Å². The molecule has 18 heavy (non-hydrogen) atoms. The van der Waals surface area contributed by atoms with Crippen LogP contribution in [0.15, 0.2) is 42.6 Å². The maximum Gasteiger partial charge on any atom is 0.147 e. The lowest BCUT2D eigenvalue weighted by atomic mass is 9.74. The molecule has 2 atom stereocenters. The van der Waals surface area contributed by atoms with E-state index in [0.717, 1.165) is 6.42 Å². The summed E-state index contributed by atoms with van der Waals surface area (Å²) in [6.07, 6.45) is 2.17. The predicted octanol–water partition coefficient (Wildman–Crippen LogP) is 2.98. The second-order valence-electron chi connectivity index (χ2n) is 4.72. The number of fused-ring (bicyclic) bond motifs is 1. The maximum absolute atomic E-state index is 13.5. The number of benzene rings is 1. The standard InChI is InChI=1S/C15H14FNO/c16-13-6-3-7-17-15(13)14(18)9-11-8-10-4-1-2-5-12(10)11/h1-7,11,14,18H,8-9H2. The molecule has 1 heterocycles. The van der Waals surface area contributed by atoms with Crippen LogP contribution in [0, 0.1) is 5.82 Å². The van der Waals surface area contributed by atoms with Gasteiger partial charge in [0, 0.05) is 6.20 Å². The molecule has 92 valence electrons. The van der Waals surface area contributed by atoms with Crippen LogP contribution in [0.1, 0.15) is 35.3 Å². The minimum atomic E-state index is -0.829. The van der Waals surface area contributed by atoms with E-state index in [-0.39, 0.29) is 5.69 Å². The van der Waals surface area contributed by atoms with Crippen molar-refractivity contribution in [1.82, 2.24) is 4.98 Å². The van der Waals surface area contributed by atoms with Gasteiger partial charge in [-0.2, -0.15) is 0 Å². The molecule has 0 spiro atoms. The minimum Gasteiger partial charge on any atom is -0.387 e. The summed E-state index contributed by atoms with van der Waals surface area (Å²) in [6, 6.07) is 11.1. The Balaban J connectivity index is 1.74. The number of pyridine rings is 1. The minimum absolute atomic E-state index is 0.155. The number of hydrogen-bond donors (Lipinski definition) is 1. The van der Waals surface area contributed by atoms with Crippen LogP contribution in [0.5, 0.6) is 0 Å². The summed E-state index contributed by atoms with van der Waals surface area (Å²) in [5, 5.41) is 10.1. The van der Waals surface area contributed by atoms with E-state index in [2.05, 4.69) is 17.1 Å². The van der Waals surface area contributed by atoms with E-state index in [1.165, 1.54) is 29.5 Å². The van der Waals surface area contributed by atoms with Crippen molar-refractivity contribution in [2.24, 2.45) is 0 Å². The first-order valence-corrected chi connectivity index (χ1v) is 6.12. The molecule has 0 saturated carbocycles. The Labute approximate surface area is 105 Å². The maximum atomic E-state index is 13.5. The first-order valence-electron chi connectivity index (χ1n) is 6.12. The van der Waals surface area contributed by atoms with Crippen molar-refractivity contribution in [3.8, 4) is 0 Å². The molecule has 0 bridgehead atoms. The summed E-state index contributed by atoms with van der Waals surface area (Å²) < 4.78 is 13.5. The Morgan fingerprint density at radius 3 is 2.89 bits per heavy atom. The summed E-state index contributed by atoms with van der Waals surface area (Å²) in [7, 11) is 0. The van der Waals surface area contributed by atoms with Crippen molar-refractivity contribution < 1.29 is 9.50 Å². The largest absolute Gasteiger partial charge is 0.387 e. The molecule has 1 aromatic heterocycles. The van der Waals surface area contributed by atoms with Crippen molar-refractivity contribution in [3.63, 3.8) is 0 Å². The van der Waals surface area contributed by atoms with Gasteiger partial charge in [-0.15, -0.1) is 0 Å². The van der Waals surface area contributed by atoms with Crippen molar-refractivity contribution >= 4 is 0 Å². The molecule has 2 nitrogen and oxygen atoms in total. The highest BCUT2D eigenvalue weighted by atomic mass is 19.1. The summed E-state index contributed by atoms with van der Waals surface area (Å²) >= 11 is 0. The predicted molar refractivity (Wildman–Crippen MR) is 66.7 cm³/mol. The van der Waals surface area contributed by atoms with Crippen LogP contribution in [0.25, 0.3) is 0 Å². The monoisotopic (exact) mass is 243 g/mol. The quantitative estimate of drug-likeness (QED) is 0.899. The van der Waals surface area contributed by atoms with Crippen LogP contribution in [0.2, 0.25) is 0 Å². The fourth-order valence-electron chi connectivity index (χ4n) is 2.60. The van der Waals surface area contributed by atoms with Gasteiger partial charge in [0.15, 0.2) is 0 Å². The van der Waals surface area contributed by atoms with Crippen LogP contribution in [-0.4, -0.2) is 10.1 Å². The van der Waals surface area contributed by atoms with Gasteiger partial charge in [-0.05, 0) is 42.0 Å². The van der Waals surface area contributed by atoms with E-state index in [1.807, 2.05) is 12.1 Å². The molecule has 1 aromatic carbocycles. The van der Waals surface area contributed by atoms with Crippen LogP contribution in [-0.2, 0) is 6.42 Å². The van der Waals surface area contributed by atoms with Crippen molar-refractivity contribution in [3.05, 3.63) is 65.2 Å². The van der Waals surface area contributed by atoms with E-state index < -0.39 is 11.9 Å². The first-order chi connectivity index (χ1) is 8.75. The van der Waals surface area contributed by atoms with Gasteiger partial charge in [0.05, 0.1) is 6.10 Å². The number of hydrogen-bond acceptors (Lipinski definition) is 2. The Kier molecular flexibility index (Phi) is 2.84. The lowest BCUT2D eigenvalue weighted by molar-refractivity contribution is 0.144. The van der Waals surface area contributed by atoms with Crippen molar-refractivity contribution in [2.45, 2.75) is 24.9 Å². The summed E-state index contributed by atoms with van der Waals surface area (Å²) in [5.74, 6) is -0.116. The molecule has 1 aliphatic carbocycles. The van der Waals surface area contributed by atoms with Gasteiger partial charge in [0.25, 0.3) is 0 Å². The third-order valence-corrected chi connectivity index (χ3v) is 3.57. The van der Waals surface area contributed by atoms with Gasteiger partial charge in [0.2, 0.25) is 0 Å². The molecule has 0 fully saturated rings. The van der Waals surface area contributed by atoms with Gasteiger partial charge < -0.3 is 5.11 Å². The highest BCUT2D eigenvalue weighted by Crippen LogP contribution is 2.40. The normalized spacial score (nSPS) is 18.9. The molecule has 2 unspecified atom stereocenters. The number of aliphatic hydroxyl groups is 1. The van der Waals surface area contributed by atoms with Crippen LogP contribution in [0.3, 0.4) is 0 Å². The second kappa shape index (κ2) is 4.50. The lowest BCUT2D eigenvalue weighted by Gasteiger charge is -2.31. The molecule has 0 amide bonds. The number of rotatable bonds is 3. The summed E-state index contributed by atoms with van der Waals surface area (Å²) in [6.45, 7) is 0. The van der Waals surface area contributed by atoms with Gasteiger partial charge in [-0.1, -0.05) is 24.3 Å². The van der Waals surface area contributed by atoms with Crippen LogP contribution in [0.4, 0.5) is 4.39 Å². The number of aliphatic hydroxyl groups excluding tert-OH is 1. The molecular weight excluding hydrogens is 229 g/mol. The fourth-order valence-corrected chi connectivity index (χ4v) is 2.60. The summed E-state index contributed by atoms with van der Waals surface area (Å²) in [5.41, 5.74) is 2.76. The average molecular weight is 243 g/mol. The van der Waals surface area contributed by atoms with Gasteiger partial charge in [-0.25, -0.2) is 4.39 Å². The highest BCUT2D eigenvalue weighted by molar-refractivity contribution is 5.40. The molecule has 1 aliphatic rings. The summed E-state index contributed by atoms with van der Waals surface area (Å²) in [4.78, 5) is 3.92. The van der Waals surface area contributed by atoms with Crippen molar-refractivity contribution in [1.29, 1.82) is 0 Å². The second-order valence-corrected chi connectivity index (χ2v) is 4.72. The first kappa shape index (κ1) is 11.4. The zero-order valence-corrected chi connectivity index (χ0v) is 9.88. The third-order valence-electron chi connectivity index (χ3n) is 3.57. The SMILES string of the molecule is OC(CC1Cc2ccccc21)c1ncccc1F. The van der Waals surface area contributed by atoms with Gasteiger partial charge in [-0.3, -0.25) is 4.98 Å². The Morgan fingerprint density at radius 1 is 1.28 bits per heavy atom. The molecule has 1 N–H and O–H groups in total. The molecule has 0 radical (unpaired) electrons. The number of nitrogens with zero attached hydrogens (tertiary/aromatic N) is 1. The molecule has 3 rings (SSSR count). The zero-order valence-electron chi connectivity index (χ0n) is 9.88. The average Bonchev–Trinajstić information content (AvgIpc) is 2.36.